The number of carbonyl (C=O) groups is 2. The topological polar surface area (TPSA) is 58.6 Å². The van der Waals surface area contributed by atoms with E-state index in [1.165, 1.54) is 0 Å². The van der Waals surface area contributed by atoms with E-state index in [-0.39, 0.29) is 18.4 Å². The van der Waals surface area contributed by atoms with Crippen LogP contribution in [0.5, 0.6) is 5.75 Å². The first-order valence-electron chi connectivity index (χ1n) is 8.46. The van der Waals surface area contributed by atoms with Crippen LogP contribution in [0.1, 0.15) is 29.8 Å². The summed E-state index contributed by atoms with van der Waals surface area (Å²) in [6.07, 6.45) is 0. The summed E-state index contributed by atoms with van der Waals surface area (Å²) in [7, 11) is 0. The van der Waals surface area contributed by atoms with E-state index in [9.17, 15) is 9.59 Å². The van der Waals surface area contributed by atoms with E-state index in [1.54, 1.807) is 29.2 Å². The fraction of sp³-hybridized carbons (Fsp3) is 0.300. The summed E-state index contributed by atoms with van der Waals surface area (Å²) in [5, 5.41) is 2.80. The molecule has 2 aromatic carbocycles. The number of rotatable bonds is 8. The van der Waals surface area contributed by atoms with Crippen molar-refractivity contribution in [3.63, 3.8) is 0 Å². The maximum absolute atomic E-state index is 12.2. The summed E-state index contributed by atoms with van der Waals surface area (Å²) in [6.45, 7) is 5.67. The summed E-state index contributed by atoms with van der Waals surface area (Å²) < 4.78 is 5.40. The quantitative estimate of drug-likeness (QED) is 0.804. The van der Waals surface area contributed by atoms with Gasteiger partial charge >= 0.3 is 0 Å². The van der Waals surface area contributed by atoms with Crippen molar-refractivity contribution in [3.8, 4) is 5.75 Å². The van der Waals surface area contributed by atoms with E-state index in [2.05, 4.69) is 5.32 Å². The maximum Gasteiger partial charge on any atom is 0.258 e. The van der Waals surface area contributed by atoms with Gasteiger partial charge in [0, 0.05) is 25.2 Å². The molecule has 2 amide bonds. The van der Waals surface area contributed by atoms with Crippen LogP contribution in [0.2, 0.25) is 0 Å². The predicted octanol–water partition coefficient (Wildman–Crippen LogP) is 2.86. The van der Waals surface area contributed by atoms with Crippen LogP contribution in [0.3, 0.4) is 0 Å². The highest BCUT2D eigenvalue weighted by molar-refractivity contribution is 5.94. The van der Waals surface area contributed by atoms with Gasteiger partial charge in [0.15, 0.2) is 6.61 Å². The lowest BCUT2D eigenvalue weighted by molar-refractivity contribution is -0.123. The minimum absolute atomic E-state index is 0.0249. The van der Waals surface area contributed by atoms with Crippen molar-refractivity contribution in [2.24, 2.45) is 0 Å². The van der Waals surface area contributed by atoms with Crippen molar-refractivity contribution in [2.45, 2.75) is 20.4 Å². The van der Waals surface area contributed by atoms with Crippen LogP contribution in [-0.4, -0.2) is 36.4 Å². The number of nitrogens with zero attached hydrogens (tertiary/aromatic N) is 1. The van der Waals surface area contributed by atoms with E-state index < -0.39 is 0 Å². The van der Waals surface area contributed by atoms with Crippen LogP contribution >= 0.6 is 0 Å². The summed E-state index contributed by atoms with van der Waals surface area (Å²) in [4.78, 5) is 25.9. The number of amides is 2. The normalized spacial score (nSPS) is 10.2. The van der Waals surface area contributed by atoms with Gasteiger partial charge in [0.1, 0.15) is 5.75 Å². The lowest BCUT2D eigenvalue weighted by atomic mass is 10.1. The van der Waals surface area contributed by atoms with Crippen LogP contribution in [0.4, 0.5) is 0 Å². The Morgan fingerprint density at radius 3 is 2.20 bits per heavy atom. The second-order valence-corrected chi connectivity index (χ2v) is 5.55. The van der Waals surface area contributed by atoms with Crippen molar-refractivity contribution in [2.75, 3.05) is 19.7 Å². The Morgan fingerprint density at radius 2 is 1.60 bits per heavy atom. The van der Waals surface area contributed by atoms with Crippen molar-refractivity contribution < 1.29 is 14.3 Å². The van der Waals surface area contributed by atoms with Crippen LogP contribution in [-0.2, 0) is 11.3 Å². The lowest BCUT2D eigenvalue weighted by Crippen LogP contribution is -2.30. The molecular formula is C20H24N2O3. The molecule has 5 nitrogen and oxygen atoms in total. The second-order valence-electron chi connectivity index (χ2n) is 5.55. The van der Waals surface area contributed by atoms with Gasteiger partial charge < -0.3 is 15.0 Å². The van der Waals surface area contributed by atoms with Gasteiger partial charge in [-0.3, -0.25) is 9.59 Å². The van der Waals surface area contributed by atoms with Gasteiger partial charge in [0.05, 0.1) is 0 Å². The molecule has 0 spiro atoms. The van der Waals surface area contributed by atoms with Gasteiger partial charge in [-0.05, 0) is 43.7 Å². The first-order chi connectivity index (χ1) is 12.1. The van der Waals surface area contributed by atoms with E-state index >= 15 is 0 Å². The standard InChI is InChI=1S/C20H24N2O3/c1-3-22(4-2)20(24)17-12-10-16(11-13-17)14-21-19(23)15-25-18-8-6-5-7-9-18/h5-13H,3-4,14-15H2,1-2H3,(H,21,23). The van der Waals surface area contributed by atoms with Crippen molar-refractivity contribution >= 4 is 11.8 Å². The molecule has 1 N–H and O–H groups in total. The van der Waals surface area contributed by atoms with Crippen LogP contribution in [0.15, 0.2) is 54.6 Å². The van der Waals surface area contributed by atoms with Crippen LogP contribution in [0, 0.1) is 0 Å². The molecule has 0 unspecified atom stereocenters. The van der Waals surface area contributed by atoms with Crippen molar-refractivity contribution in [1.29, 1.82) is 0 Å². The van der Waals surface area contributed by atoms with Crippen LogP contribution < -0.4 is 10.1 Å². The number of ether oxygens (including phenoxy) is 1. The first kappa shape index (κ1) is 18.5. The fourth-order valence-electron chi connectivity index (χ4n) is 2.38. The van der Waals surface area contributed by atoms with Gasteiger partial charge in [-0.1, -0.05) is 30.3 Å². The molecule has 0 aliphatic carbocycles. The van der Waals surface area contributed by atoms with E-state index in [0.717, 1.165) is 5.56 Å². The Kier molecular flexibility index (Phi) is 7.01. The molecule has 0 aromatic heterocycles. The zero-order valence-electron chi connectivity index (χ0n) is 14.7. The number of hydrogen-bond donors (Lipinski definition) is 1. The van der Waals surface area contributed by atoms with E-state index in [1.807, 2.05) is 44.2 Å². The number of nitrogens with one attached hydrogen (secondary N) is 1. The van der Waals surface area contributed by atoms with Gasteiger partial charge in [-0.25, -0.2) is 0 Å². The summed E-state index contributed by atoms with van der Waals surface area (Å²) in [6, 6.07) is 16.5. The molecule has 0 saturated heterocycles. The predicted molar refractivity (Wildman–Crippen MR) is 97.5 cm³/mol. The van der Waals surface area contributed by atoms with Gasteiger partial charge in [-0.15, -0.1) is 0 Å². The molecule has 0 bridgehead atoms. The number of benzene rings is 2. The third kappa shape index (κ3) is 5.64. The molecule has 132 valence electrons. The molecule has 0 atom stereocenters. The SMILES string of the molecule is CCN(CC)C(=O)c1ccc(CNC(=O)COc2ccccc2)cc1. The Labute approximate surface area is 148 Å². The average molecular weight is 340 g/mol. The molecule has 25 heavy (non-hydrogen) atoms. The Bertz CT molecular complexity index is 680. The Balaban J connectivity index is 1.81. The lowest BCUT2D eigenvalue weighted by Gasteiger charge is -2.18. The van der Waals surface area contributed by atoms with Crippen molar-refractivity contribution in [1.82, 2.24) is 10.2 Å². The largest absolute Gasteiger partial charge is 0.484 e. The first-order valence-corrected chi connectivity index (χ1v) is 8.46. The average Bonchev–Trinajstić information content (AvgIpc) is 2.67. The molecule has 0 radical (unpaired) electrons. The smallest absolute Gasteiger partial charge is 0.258 e. The van der Waals surface area contributed by atoms with E-state index in [0.29, 0.717) is 30.9 Å². The highest BCUT2D eigenvalue weighted by Crippen LogP contribution is 2.09. The van der Waals surface area contributed by atoms with Crippen LogP contribution in [0.25, 0.3) is 0 Å². The molecule has 2 aromatic rings. The molecular weight excluding hydrogens is 316 g/mol. The van der Waals surface area contributed by atoms with Gasteiger partial charge in [0.2, 0.25) is 0 Å². The molecule has 0 saturated carbocycles. The minimum atomic E-state index is -0.188. The number of hydrogen-bond acceptors (Lipinski definition) is 3. The number of carbonyl (C=O) groups excluding carboxylic acids is 2. The second kappa shape index (κ2) is 9.47. The number of para-hydroxylation sites is 1. The Morgan fingerprint density at radius 1 is 0.960 bits per heavy atom. The Hall–Kier alpha value is -2.82. The minimum Gasteiger partial charge on any atom is -0.484 e. The fourth-order valence-corrected chi connectivity index (χ4v) is 2.38. The summed E-state index contributed by atoms with van der Waals surface area (Å²) in [5.74, 6) is 0.501. The third-order valence-corrected chi connectivity index (χ3v) is 3.85. The molecule has 5 heteroatoms. The maximum atomic E-state index is 12.2. The van der Waals surface area contributed by atoms with E-state index in [4.69, 9.17) is 4.74 Å². The van der Waals surface area contributed by atoms with Crippen molar-refractivity contribution in [3.05, 3.63) is 65.7 Å². The zero-order chi connectivity index (χ0) is 18.1. The molecule has 2 rings (SSSR count). The third-order valence-electron chi connectivity index (χ3n) is 3.85. The van der Waals surface area contributed by atoms with Gasteiger partial charge in [-0.2, -0.15) is 0 Å². The summed E-state index contributed by atoms with van der Waals surface area (Å²) >= 11 is 0. The van der Waals surface area contributed by atoms with Gasteiger partial charge in [0.25, 0.3) is 11.8 Å². The molecule has 0 aliphatic rings. The monoisotopic (exact) mass is 340 g/mol. The molecule has 0 heterocycles. The summed E-state index contributed by atoms with van der Waals surface area (Å²) in [5.41, 5.74) is 1.59. The molecule has 0 aliphatic heterocycles. The zero-order valence-corrected chi connectivity index (χ0v) is 14.7. The molecule has 0 fully saturated rings. The highest BCUT2D eigenvalue weighted by Gasteiger charge is 2.12. The highest BCUT2D eigenvalue weighted by atomic mass is 16.5.